The molecule has 0 saturated carbocycles. The highest BCUT2D eigenvalue weighted by atomic mass is 79.9. The molecule has 1 aromatic carbocycles. The largest absolute Gasteiger partial charge is 0.327 e. The van der Waals surface area contributed by atoms with E-state index in [1.54, 1.807) is 12.3 Å². The van der Waals surface area contributed by atoms with Crippen molar-refractivity contribution in [2.24, 2.45) is 5.73 Å². The Balaban J connectivity index is 2.32. The third-order valence-electron chi connectivity index (χ3n) is 2.88. The monoisotopic (exact) mass is 323 g/mol. The van der Waals surface area contributed by atoms with Gasteiger partial charge in [-0.2, -0.15) is 0 Å². The second-order valence-corrected chi connectivity index (χ2v) is 5.22. The molecule has 0 saturated heterocycles. The number of nitrogens with zero attached hydrogens (tertiary/aromatic N) is 2. The van der Waals surface area contributed by atoms with Gasteiger partial charge in [-0.15, -0.1) is 0 Å². The third-order valence-corrected chi connectivity index (χ3v) is 3.54. The molecule has 0 radical (unpaired) electrons. The van der Waals surface area contributed by atoms with Crippen LogP contribution in [0.2, 0.25) is 0 Å². The van der Waals surface area contributed by atoms with Crippen molar-refractivity contribution < 1.29 is 4.39 Å². The normalized spacial score (nSPS) is 12.4. The number of hydrogen-bond donors (Lipinski definition) is 1. The number of rotatable bonds is 4. The van der Waals surface area contributed by atoms with Crippen LogP contribution in [0.15, 0.2) is 34.9 Å². The molecule has 2 aromatic rings. The molecular formula is C14H15BrFN3. The van der Waals surface area contributed by atoms with Gasteiger partial charge in [0, 0.05) is 34.4 Å². The van der Waals surface area contributed by atoms with Gasteiger partial charge in [0.15, 0.2) is 5.82 Å². The van der Waals surface area contributed by atoms with Crippen molar-refractivity contribution in [1.82, 2.24) is 9.97 Å². The molecule has 1 aromatic heterocycles. The SMILES string of the molecule is CCC(N)Cc1ccnc(-c2ccc(F)cc2Br)n1. The fourth-order valence-electron chi connectivity index (χ4n) is 1.72. The predicted octanol–water partition coefficient (Wildman–Crippen LogP) is 3.33. The van der Waals surface area contributed by atoms with E-state index in [0.29, 0.717) is 16.7 Å². The molecule has 0 aliphatic heterocycles. The summed E-state index contributed by atoms with van der Waals surface area (Å²) >= 11 is 3.33. The molecule has 19 heavy (non-hydrogen) atoms. The maximum absolute atomic E-state index is 13.1. The summed E-state index contributed by atoms with van der Waals surface area (Å²) in [6.07, 6.45) is 3.32. The van der Waals surface area contributed by atoms with Gasteiger partial charge in [-0.25, -0.2) is 14.4 Å². The summed E-state index contributed by atoms with van der Waals surface area (Å²) in [5.41, 5.74) is 7.59. The van der Waals surface area contributed by atoms with Crippen LogP contribution in [0.1, 0.15) is 19.0 Å². The second kappa shape index (κ2) is 6.21. The van der Waals surface area contributed by atoms with Crippen LogP contribution >= 0.6 is 15.9 Å². The Morgan fingerprint density at radius 2 is 2.16 bits per heavy atom. The van der Waals surface area contributed by atoms with E-state index in [1.165, 1.54) is 12.1 Å². The van der Waals surface area contributed by atoms with E-state index in [1.807, 2.05) is 13.0 Å². The number of halogens is 2. The van der Waals surface area contributed by atoms with Crippen molar-refractivity contribution in [3.63, 3.8) is 0 Å². The minimum atomic E-state index is -0.292. The van der Waals surface area contributed by atoms with E-state index in [0.717, 1.165) is 17.7 Å². The van der Waals surface area contributed by atoms with Crippen molar-refractivity contribution in [2.75, 3.05) is 0 Å². The number of hydrogen-bond acceptors (Lipinski definition) is 3. The average Bonchev–Trinajstić information content (AvgIpc) is 2.39. The number of benzene rings is 1. The van der Waals surface area contributed by atoms with Gasteiger partial charge in [0.25, 0.3) is 0 Å². The molecule has 1 atom stereocenters. The van der Waals surface area contributed by atoms with Gasteiger partial charge >= 0.3 is 0 Å². The van der Waals surface area contributed by atoms with Gasteiger partial charge in [0.1, 0.15) is 5.82 Å². The zero-order chi connectivity index (χ0) is 13.8. The quantitative estimate of drug-likeness (QED) is 0.938. The van der Waals surface area contributed by atoms with Crippen LogP contribution in [0.25, 0.3) is 11.4 Å². The number of aromatic nitrogens is 2. The first-order chi connectivity index (χ1) is 9.10. The smallest absolute Gasteiger partial charge is 0.160 e. The molecule has 3 nitrogen and oxygen atoms in total. The van der Waals surface area contributed by atoms with Gasteiger partial charge in [-0.1, -0.05) is 6.92 Å². The molecule has 2 rings (SSSR count). The van der Waals surface area contributed by atoms with Crippen molar-refractivity contribution in [1.29, 1.82) is 0 Å². The fraction of sp³-hybridized carbons (Fsp3) is 0.286. The first-order valence-electron chi connectivity index (χ1n) is 6.13. The maximum atomic E-state index is 13.1. The molecule has 5 heteroatoms. The summed E-state index contributed by atoms with van der Waals surface area (Å²) in [5.74, 6) is 0.285. The molecular weight excluding hydrogens is 309 g/mol. The van der Waals surface area contributed by atoms with Gasteiger partial charge in [0.05, 0.1) is 0 Å². The molecule has 1 unspecified atom stereocenters. The lowest BCUT2D eigenvalue weighted by Crippen LogP contribution is -2.22. The fourth-order valence-corrected chi connectivity index (χ4v) is 2.25. The summed E-state index contributed by atoms with van der Waals surface area (Å²) in [7, 11) is 0. The van der Waals surface area contributed by atoms with Crippen LogP contribution < -0.4 is 5.73 Å². The van der Waals surface area contributed by atoms with Crippen LogP contribution in [0.3, 0.4) is 0 Å². The zero-order valence-corrected chi connectivity index (χ0v) is 12.2. The second-order valence-electron chi connectivity index (χ2n) is 4.37. The molecule has 0 fully saturated rings. The highest BCUT2D eigenvalue weighted by Gasteiger charge is 2.09. The van der Waals surface area contributed by atoms with E-state index >= 15 is 0 Å². The Morgan fingerprint density at radius 3 is 2.84 bits per heavy atom. The van der Waals surface area contributed by atoms with E-state index in [9.17, 15) is 4.39 Å². The summed E-state index contributed by atoms with van der Waals surface area (Å²) in [4.78, 5) is 8.71. The Labute approximate surface area is 120 Å². The van der Waals surface area contributed by atoms with Gasteiger partial charge in [-0.05, 0) is 46.6 Å². The average molecular weight is 324 g/mol. The minimum absolute atomic E-state index is 0.0967. The van der Waals surface area contributed by atoms with Crippen molar-refractivity contribution in [2.45, 2.75) is 25.8 Å². The standard InChI is InChI=1S/C14H15BrFN3/c1-2-10(17)8-11-5-6-18-14(19-11)12-4-3-9(16)7-13(12)15/h3-7,10H,2,8,17H2,1H3. The van der Waals surface area contributed by atoms with Crippen molar-refractivity contribution >= 4 is 15.9 Å². The third kappa shape index (κ3) is 3.58. The lowest BCUT2D eigenvalue weighted by molar-refractivity contribution is 0.627. The van der Waals surface area contributed by atoms with Crippen LogP contribution in [0.4, 0.5) is 4.39 Å². The minimum Gasteiger partial charge on any atom is -0.327 e. The topological polar surface area (TPSA) is 51.8 Å². The van der Waals surface area contributed by atoms with E-state index < -0.39 is 0 Å². The Bertz CT molecular complexity index is 574. The van der Waals surface area contributed by atoms with Gasteiger partial charge < -0.3 is 5.73 Å². The summed E-state index contributed by atoms with van der Waals surface area (Å²) < 4.78 is 13.7. The lowest BCUT2D eigenvalue weighted by atomic mass is 10.1. The predicted molar refractivity (Wildman–Crippen MR) is 77.1 cm³/mol. The Morgan fingerprint density at radius 1 is 1.37 bits per heavy atom. The first-order valence-corrected chi connectivity index (χ1v) is 6.92. The molecule has 1 heterocycles. The lowest BCUT2D eigenvalue weighted by Gasteiger charge is -2.09. The summed E-state index contributed by atoms with van der Waals surface area (Å²) in [6.45, 7) is 2.04. The molecule has 0 aliphatic carbocycles. The molecule has 0 bridgehead atoms. The first kappa shape index (κ1) is 14.1. The van der Waals surface area contributed by atoms with Crippen LogP contribution in [-0.4, -0.2) is 16.0 Å². The van der Waals surface area contributed by atoms with Gasteiger partial charge in [0.2, 0.25) is 0 Å². The van der Waals surface area contributed by atoms with Crippen LogP contribution in [0, 0.1) is 5.82 Å². The van der Waals surface area contributed by atoms with Crippen molar-refractivity contribution in [3.8, 4) is 11.4 Å². The highest BCUT2D eigenvalue weighted by Crippen LogP contribution is 2.26. The van der Waals surface area contributed by atoms with E-state index in [4.69, 9.17) is 5.73 Å². The van der Waals surface area contributed by atoms with E-state index in [-0.39, 0.29) is 11.9 Å². The Hall–Kier alpha value is -1.33. The van der Waals surface area contributed by atoms with Crippen LogP contribution in [0.5, 0.6) is 0 Å². The maximum Gasteiger partial charge on any atom is 0.160 e. The number of nitrogens with two attached hydrogens (primary N) is 1. The molecule has 2 N–H and O–H groups in total. The Kier molecular flexibility index (Phi) is 4.61. The molecule has 0 amide bonds. The van der Waals surface area contributed by atoms with Crippen molar-refractivity contribution in [3.05, 3.63) is 46.4 Å². The molecule has 0 spiro atoms. The molecule has 100 valence electrons. The van der Waals surface area contributed by atoms with Gasteiger partial charge in [-0.3, -0.25) is 0 Å². The zero-order valence-electron chi connectivity index (χ0n) is 10.6. The summed E-state index contributed by atoms with van der Waals surface area (Å²) in [6, 6.07) is 6.42. The highest BCUT2D eigenvalue weighted by molar-refractivity contribution is 9.10. The summed E-state index contributed by atoms with van der Waals surface area (Å²) in [5, 5.41) is 0. The van der Waals surface area contributed by atoms with E-state index in [2.05, 4.69) is 25.9 Å². The molecule has 0 aliphatic rings. The van der Waals surface area contributed by atoms with Crippen LogP contribution in [-0.2, 0) is 6.42 Å².